The summed E-state index contributed by atoms with van der Waals surface area (Å²) in [6.45, 7) is 1.77. The van der Waals surface area contributed by atoms with E-state index in [0.717, 1.165) is 5.56 Å². The zero-order valence-corrected chi connectivity index (χ0v) is 15.8. The zero-order valence-electron chi connectivity index (χ0n) is 15.8. The highest BCUT2D eigenvalue weighted by molar-refractivity contribution is 5.80. The van der Waals surface area contributed by atoms with Crippen molar-refractivity contribution in [1.29, 1.82) is 0 Å². The second-order valence-electron chi connectivity index (χ2n) is 5.90. The van der Waals surface area contributed by atoms with E-state index in [9.17, 15) is 4.79 Å². The van der Waals surface area contributed by atoms with E-state index in [2.05, 4.69) is 15.5 Å². The molecule has 0 aliphatic heterocycles. The summed E-state index contributed by atoms with van der Waals surface area (Å²) in [6, 6.07) is 14.3. The van der Waals surface area contributed by atoms with E-state index in [1.54, 1.807) is 51.5 Å². The molecule has 1 amide bonds. The van der Waals surface area contributed by atoms with Crippen LogP contribution in [0.1, 0.15) is 12.8 Å². The van der Waals surface area contributed by atoms with E-state index in [1.807, 2.05) is 18.2 Å². The molecule has 0 unspecified atom stereocenters. The number of aromatic nitrogens is 2. The number of rotatable bonds is 8. The molecule has 1 aromatic heterocycles. The summed E-state index contributed by atoms with van der Waals surface area (Å²) in [6.07, 6.45) is -0.686. The van der Waals surface area contributed by atoms with Gasteiger partial charge in [-0.25, -0.2) is 0 Å². The molecule has 0 aliphatic carbocycles. The molecule has 3 aromatic rings. The fraction of sp³-hybridized carbons (Fsp3) is 0.250. The van der Waals surface area contributed by atoms with Crippen LogP contribution in [-0.4, -0.2) is 36.4 Å². The number of carbonyl (C=O) groups excluding carboxylic acids is 1. The molecule has 8 nitrogen and oxygen atoms in total. The van der Waals surface area contributed by atoms with Crippen LogP contribution < -0.4 is 19.5 Å². The van der Waals surface area contributed by atoms with E-state index in [1.165, 1.54) is 0 Å². The third kappa shape index (κ3) is 4.79. The Labute approximate surface area is 162 Å². The second kappa shape index (κ2) is 8.90. The third-order valence-corrected chi connectivity index (χ3v) is 3.95. The van der Waals surface area contributed by atoms with Crippen LogP contribution in [0.15, 0.2) is 53.1 Å². The van der Waals surface area contributed by atoms with E-state index in [4.69, 9.17) is 18.7 Å². The lowest BCUT2D eigenvalue weighted by Crippen LogP contribution is -2.35. The number of hydrogen-bond acceptors (Lipinski definition) is 7. The molecule has 3 rings (SSSR count). The van der Waals surface area contributed by atoms with Crippen molar-refractivity contribution in [1.82, 2.24) is 15.5 Å². The number of methoxy groups -OCH3 is 2. The molecule has 0 saturated carbocycles. The molecule has 1 heterocycles. The highest BCUT2D eigenvalue weighted by atomic mass is 16.5. The Morgan fingerprint density at radius 1 is 1.07 bits per heavy atom. The molecule has 1 atom stereocenters. The van der Waals surface area contributed by atoms with E-state index >= 15 is 0 Å². The molecule has 146 valence electrons. The summed E-state index contributed by atoms with van der Waals surface area (Å²) in [7, 11) is 3.18. The second-order valence-corrected chi connectivity index (χ2v) is 5.90. The minimum absolute atomic E-state index is 0.103. The summed E-state index contributed by atoms with van der Waals surface area (Å²) >= 11 is 0. The predicted octanol–water partition coefficient (Wildman–Crippen LogP) is 2.84. The fourth-order valence-corrected chi connectivity index (χ4v) is 2.42. The highest BCUT2D eigenvalue weighted by Gasteiger charge is 2.16. The lowest BCUT2D eigenvalue weighted by atomic mass is 10.2. The Kier molecular flexibility index (Phi) is 6.11. The number of amides is 1. The summed E-state index contributed by atoms with van der Waals surface area (Å²) in [5, 5.41) is 6.65. The van der Waals surface area contributed by atoms with Gasteiger partial charge in [0.05, 0.1) is 20.8 Å². The largest absolute Gasteiger partial charge is 0.497 e. The van der Waals surface area contributed by atoms with Crippen LogP contribution in [0.25, 0.3) is 11.4 Å². The predicted molar refractivity (Wildman–Crippen MR) is 101 cm³/mol. The van der Waals surface area contributed by atoms with Crippen molar-refractivity contribution >= 4 is 5.91 Å². The quantitative estimate of drug-likeness (QED) is 0.639. The minimum atomic E-state index is -0.686. The maximum Gasteiger partial charge on any atom is 0.261 e. The SMILES string of the molecule is COc1ccc(O[C@H](C)C(=O)NCc2nc(-c3cccc(OC)c3)no2)cc1. The molecule has 0 spiro atoms. The van der Waals surface area contributed by atoms with E-state index < -0.39 is 6.10 Å². The average molecular weight is 383 g/mol. The summed E-state index contributed by atoms with van der Waals surface area (Å²) in [5.74, 6) is 2.40. The Morgan fingerprint density at radius 2 is 1.79 bits per heavy atom. The van der Waals surface area contributed by atoms with Crippen LogP contribution in [-0.2, 0) is 11.3 Å². The van der Waals surface area contributed by atoms with Crippen molar-refractivity contribution in [2.75, 3.05) is 14.2 Å². The Balaban J connectivity index is 1.54. The minimum Gasteiger partial charge on any atom is -0.497 e. The Bertz CT molecular complexity index is 924. The first-order valence-electron chi connectivity index (χ1n) is 8.64. The first kappa shape index (κ1) is 19.2. The van der Waals surface area contributed by atoms with Crippen LogP contribution in [0.2, 0.25) is 0 Å². The number of ether oxygens (including phenoxy) is 3. The van der Waals surface area contributed by atoms with Gasteiger partial charge >= 0.3 is 0 Å². The number of hydrogen-bond donors (Lipinski definition) is 1. The normalized spacial score (nSPS) is 11.5. The molecule has 2 aromatic carbocycles. The summed E-state index contributed by atoms with van der Waals surface area (Å²) in [5.41, 5.74) is 0.761. The van der Waals surface area contributed by atoms with Crippen LogP contribution in [0.3, 0.4) is 0 Å². The van der Waals surface area contributed by atoms with Gasteiger partial charge in [0.15, 0.2) is 6.10 Å². The maximum atomic E-state index is 12.2. The van der Waals surface area contributed by atoms with Gasteiger partial charge in [-0.15, -0.1) is 0 Å². The molecule has 1 N–H and O–H groups in total. The number of benzene rings is 2. The van der Waals surface area contributed by atoms with Gasteiger partial charge in [0.2, 0.25) is 11.7 Å². The van der Waals surface area contributed by atoms with Crippen molar-refractivity contribution in [2.45, 2.75) is 19.6 Å². The van der Waals surface area contributed by atoms with Crippen LogP contribution in [0, 0.1) is 0 Å². The van der Waals surface area contributed by atoms with Gasteiger partial charge in [-0.2, -0.15) is 4.98 Å². The van der Waals surface area contributed by atoms with Gasteiger partial charge in [0.1, 0.15) is 17.2 Å². The van der Waals surface area contributed by atoms with E-state index in [0.29, 0.717) is 29.0 Å². The lowest BCUT2D eigenvalue weighted by Gasteiger charge is -2.14. The first-order chi connectivity index (χ1) is 13.6. The molecule has 0 fully saturated rings. The first-order valence-corrected chi connectivity index (χ1v) is 8.64. The zero-order chi connectivity index (χ0) is 19.9. The Hall–Kier alpha value is -3.55. The third-order valence-electron chi connectivity index (χ3n) is 3.95. The average Bonchev–Trinajstić information content (AvgIpc) is 3.21. The van der Waals surface area contributed by atoms with Gasteiger partial charge in [-0.3, -0.25) is 4.79 Å². The number of nitrogens with zero attached hydrogens (tertiary/aromatic N) is 2. The highest BCUT2D eigenvalue weighted by Crippen LogP contribution is 2.21. The molecule has 8 heteroatoms. The van der Waals surface area contributed by atoms with Crippen molar-refractivity contribution in [3.05, 3.63) is 54.4 Å². The molecule has 0 bridgehead atoms. The molecular weight excluding hydrogens is 362 g/mol. The van der Waals surface area contributed by atoms with Crippen molar-refractivity contribution < 1.29 is 23.5 Å². The van der Waals surface area contributed by atoms with Gasteiger partial charge in [-0.05, 0) is 43.3 Å². The van der Waals surface area contributed by atoms with Crippen molar-refractivity contribution in [3.8, 4) is 28.6 Å². The molecule has 0 saturated heterocycles. The van der Waals surface area contributed by atoms with Crippen molar-refractivity contribution in [2.24, 2.45) is 0 Å². The molecular formula is C20H21N3O5. The van der Waals surface area contributed by atoms with Crippen LogP contribution >= 0.6 is 0 Å². The Morgan fingerprint density at radius 3 is 2.50 bits per heavy atom. The molecule has 0 radical (unpaired) electrons. The monoisotopic (exact) mass is 383 g/mol. The van der Waals surface area contributed by atoms with Crippen LogP contribution in [0.5, 0.6) is 17.2 Å². The van der Waals surface area contributed by atoms with Crippen LogP contribution in [0.4, 0.5) is 0 Å². The maximum absolute atomic E-state index is 12.2. The van der Waals surface area contributed by atoms with E-state index in [-0.39, 0.29) is 12.5 Å². The standard InChI is InChI=1S/C20H21N3O5/c1-13(27-16-9-7-15(25-2)8-10-16)20(24)21-12-18-22-19(23-28-18)14-5-4-6-17(11-14)26-3/h4-11,13H,12H2,1-3H3,(H,21,24)/t13-/m1/s1. The fourth-order valence-electron chi connectivity index (χ4n) is 2.42. The van der Waals surface area contributed by atoms with Crippen molar-refractivity contribution in [3.63, 3.8) is 0 Å². The van der Waals surface area contributed by atoms with Gasteiger partial charge in [-0.1, -0.05) is 17.3 Å². The number of nitrogens with one attached hydrogen (secondary N) is 1. The van der Waals surface area contributed by atoms with Gasteiger partial charge < -0.3 is 24.1 Å². The topological polar surface area (TPSA) is 95.7 Å². The summed E-state index contributed by atoms with van der Waals surface area (Å²) in [4.78, 5) is 16.5. The van der Waals surface area contributed by atoms with Gasteiger partial charge in [0, 0.05) is 5.56 Å². The lowest BCUT2D eigenvalue weighted by molar-refractivity contribution is -0.127. The molecule has 28 heavy (non-hydrogen) atoms. The smallest absolute Gasteiger partial charge is 0.261 e. The summed E-state index contributed by atoms with van der Waals surface area (Å²) < 4.78 is 21.1. The molecule has 0 aliphatic rings. The van der Waals surface area contributed by atoms with Gasteiger partial charge in [0.25, 0.3) is 5.91 Å². The number of carbonyl (C=O) groups is 1.